The van der Waals surface area contributed by atoms with Gasteiger partial charge in [0.2, 0.25) is 5.91 Å². The molecule has 0 radical (unpaired) electrons. The molecule has 0 spiro atoms. The van der Waals surface area contributed by atoms with Gasteiger partial charge in [-0.15, -0.1) is 0 Å². The second kappa shape index (κ2) is 8.06. The number of rotatable bonds is 7. The number of aryl methyl sites for hydroxylation is 1. The van der Waals surface area contributed by atoms with Gasteiger partial charge in [-0.25, -0.2) is 9.97 Å². The number of nitrogens with zero attached hydrogens (tertiary/aromatic N) is 3. The summed E-state index contributed by atoms with van der Waals surface area (Å²) in [6, 6.07) is 14.1. The predicted molar refractivity (Wildman–Crippen MR) is 92.6 cm³/mol. The molecule has 24 heavy (non-hydrogen) atoms. The first-order valence-corrected chi connectivity index (χ1v) is 8.05. The Bertz CT molecular complexity index is 769. The predicted octanol–water partition coefficient (Wildman–Crippen LogP) is 2.91. The van der Waals surface area contributed by atoms with Gasteiger partial charge in [0.25, 0.3) is 0 Å². The Morgan fingerprint density at radius 3 is 2.75 bits per heavy atom. The number of aromatic nitrogens is 3. The van der Waals surface area contributed by atoms with Crippen LogP contribution in [-0.4, -0.2) is 20.4 Å². The minimum atomic E-state index is 0.0759. The molecule has 0 bridgehead atoms. The Balaban J connectivity index is 1.45. The molecule has 0 aliphatic rings. The molecule has 1 amide bonds. The molecule has 5 nitrogen and oxygen atoms in total. The van der Waals surface area contributed by atoms with Gasteiger partial charge >= 0.3 is 0 Å². The number of imidazole rings is 1. The third-order valence-corrected chi connectivity index (χ3v) is 3.78. The third-order valence-electron chi connectivity index (χ3n) is 3.78. The van der Waals surface area contributed by atoms with Crippen LogP contribution in [0.5, 0.6) is 0 Å². The van der Waals surface area contributed by atoms with Gasteiger partial charge in [0.1, 0.15) is 12.1 Å². The zero-order chi connectivity index (χ0) is 16.6. The van der Waals surface area contributed by atoms with Crippen molar-refractivity contribution >= 4 is 5.91 Å². The van der Waals surface area contributed by atoms with Crippen LogP contribution >= 0.6 is 0 Å². The number of carbonyl (C=O) groups excluding carboxylic acids is 1. The fourth-order valence-corrected chi connectivity index (χ4v) is 2.49. The van der Waals surface area contributed by atoms with Gasteiger partial charge in [0.05, 0.1) is 0 Å². The molecular formula is C19H20N4O. The zero-order valence-electron chi connectivity index (χ0n) is 13.4. The smallest absolute Gasteiger partial charge is 0.220 e. The van der Waals surface area contributed by atoms with Gasteiger partial charge in [0, 0.05) is 31.6 Å². The van der Waals surface area contributed by atoms with Gasteiger partial charge in [-0.3, -0.25) is 9.36 Å². The fourth-order valence-electron chi connectivity index (χ4n) is 2.49. The van der Waals surface area contributed by atoms with Crippen LogP contribution in [0.25, 0.3) is 5.82 Å². The lowest BCUT2D eigenvalue weighted by Gasteiger charge is -2.07. The van der Waals surface area contributed by atoms with Crippen LogP contribution in [0.15, 0.2) is 67.4 Å². The topological polar surface area (TPSA) is 59.8 Å². The number of carbonyl (C=O) groups is 1. The van der Waals surface area contributed by atoms with Crippen molar-refractivity contribution in [2.45, 2.75) is 25.8 Å². The molecule has 3 rings (SSSR count). The lowest BCUT2D eigenvalue weighted by molar-refractivity contribution is -0.121. The first kappa shape index (κ1) is 15.9. The molecule has 0 saturated carbocycles. The van der Waals surface area contributed by atoms with Crippen LogP contribution < -0.4 is 5.32 Å². The maximum Gasteiger partial charge on any atom is 0.220 e. The molecule has 0 atom stereocenters. The molecule has 122 valence electrons. The monoisotopic (exact) mass is 320 g/mol. The normalized spacial score (nSPS) is 10.5. The summed E-state index contributed by atoms with van der Waals surface area (Å²) < 4.78 is 1.84. The summed E-state index contributed by atoms with van der Waals surface area (Å²) >= 11 is 0. The molecule has 0 saturated heterocycles. The van der Waals surface area contributed by atoms with E-state index in [9.17, 15) is 4.79 Å². The van der Waals surface area contributed by atoms with Gasteiger partial charge in [-0.1, -0.05) is 30.3 Å². The number of nitrogens with one attached hydrogen (secondary N) is 1. The van der Waals surface area contributed by atoms with Crippen LogP contribution in [-0.2, 0) is 17.8 Å². The summed E-state index contributed by atoms with van der Waals surface area (Å²) in [5.74, 6) is 0.871. The van der Waals surface area contributed by atoms with E-state index in [-0.39, 0.29) is 5.91 Å². The molecule has 0 unspecified atom stereocenters. The van der Waals surface area contributed by atoms with E-state index in [1.54, 1.807) is 18.7 Å². The highest BCUT2D eigenvalue weighted by molar-refractivity contribution is 5.75. The quantitative estimate of drug-likeness (QED) is 0.728. The number of amides is 1. The van der Waals surface area contributed by atoms with Crippen LogP contribution in [0, 0.1) is 0 Å². The van der Waals surface area contributed by atoms with Crippen LogP contribution in [0.1, 0.15) is 24.0 Å². The summed E-state index contributed by atoms with van der Waals surface area (Å²) in [5.41, 5.74) is 2.29. The van der Waals surface area contributed by atoms with Crippen molar-refractivity contribution in [1.29, 1.82) is 0 Å². The molecular weight excluding hydrogens is 300 g/mol. The highest BCUT2D eigenvalue weighted by Crippen LogP contribution is 2.07. The molecule has 3 aromatic rings. The summed E-state index contributed by atoms with van der Waals surface area (Å²) in [7, 11) is 0. The van der Waals surface area contributed by atoms with Crippen molar-refractivity contribution in [2.24, 2.45) is 0 Å². The van der Waals surface area contributed by atoms with Crippen LogP contribution in [0.3, 0.4) is 0 Å². The first-order chi connectivity index (χ1) is 11.8. The Morgan fingerprint density at radius 2 is 1.96 bits per heavy atom. The average Bonchev–Trinajstić information content (AvgIpc) is 3.16. The third kappa shape index (κ3) is 4.52. The minimum Gasteiger partial charge on any atom is -0.352 e. The van der Waals surface area contributed by atoms with Gasteiger partial charge < -0.3 is 5.32 Å². The molecule has 0 aliphatic carbocycles. The number of hydrogen-bond acceptors (Lipinski definition) is 3. The number of hydrogen-bond donors (Lipinski definition) is 1. The fraction of sp³-hybridized carbons (Fsp3) is 0.211. The second-order valence-electron chi connectivity index (χ2n) is 5.61. The Labute approximate surface area is 141 Å². The molecule has 2 aromatic heterocycles. The molecule has 0 fully saturated rings. The Hall–Kier alpha value is -2.95. The van der Waals surface area contributed by atoms with E-state index in [2.05, 4.69) is 27.4 Å². The molecule has 5 heteroatoms. The van der Waals surface area contributed by atoms with Gasteiger partial charge in [-0.05, 0) is 36.1 Å². The number of pyridine rings is 1. The Kier molecular flexibility index (Phi) is 5.35. The van der Waals surface area contributed by atoms with E-state index in [0.717, 1.165) is 24.2 Å². The van der Waals surface area contributed by atoms with E-state index in [0.29, 0.717) is 13.0 Å². The lowest BCUT2D eigenvalue weighted by atomic mass is 10.1. The summed E-state index contributed by atoms with van der Waals surface area (Å²) in [6.07, 6.45) is 9.31. The van der Waals surface area contributed by atoms with Crippen LogP contribution in [0.2, 0.25) is 0 Å². The first-order valence-electron chi connectivity index (χ1n) is 8.05. The summed E-state index contributed by atoms with van der Waals surface area (Å²) in [5, 5.41) is 2.97. The van der Waals surface area contributed by atoms with E-state index in [1.807, 2.05) is 41.1 Å². The van der Waals surface area contributed by atoms with Crippen molar-refractivity contribution in [2.75, 3.05) is 0 Å². The van der Waals surface area contributed by atoms with E-state index >= 15 is 0 Å². The largest absolute Gasteiger partial charge is 0.352 e. The SMILES string of the molecule is O=C(CCCc1ccccc1)NCc1ccnc(-n2ccnc2)c1. The molecule has 1 N–H and O–H groups in total. The van der Waals surface area contributed by atoms with Crippen LogP contribution in [0.4, 0.5) is 0 Å². The van der Waals surface area contributed by atoms with Gasteiger partial charge in [0.15, 0.2) is 0 Å². The van der Waals surface area contributed by atoms with E-state index in [4.69, 9.17) is 0 Å². The number of benzene rings is 1. The maximum absolute atomic E-state index is 12.0. The highest BCUT2D eigenvalue weighted by atomic mass is 16.1. The molecule has 0 aliphatic heterocycles. The zero-order valence-corrected chi connectivity index (χ0v) is 13.4. The van der Waals surface area contributed by atoms with Gasteiger partial charge in [-0.2, -0.15) is 0 Å². The standard InChI is InChI=1S/C19H20N4O/c24-19(8-4-7-16-5-2-1-3-6-16)22-14-17-9-10-21-18(13-17)23-12-11-20-15-23/h1-3,5-6,9-13,15H,4,7-8,14H2,(H,22,24). The summed E-state index contributed by atoms with van der Waals surface area (Å²) in [6.45, 7) is 0.508. The van der Waals surface area contributed by atoms with Crippen molar-refractivity contribution in [3.8, 4) is 5.82 Å². The minimum absolute atomic E-state index is 0.0759. The van der Waals surface area contributed by atoms with E-state index in [1.165, 1.54) is 5.56 Å². The maximum atomic E-state index is 12.0. The highest BCUT2D eigenvalue weighted by Gasteiger charge is 2.04. The summed E-state index contributed by atoms with van der Waals surface area (Å²) in [4.78, 5) is 20.3. The van der Waals surface area contributed by atoms with Crippen molar-refractivity contribution < 1.29 is 4.79 Å². The van der Waals surface area contributed by atoms with E-state index < -0.39 is 0 Å². The van der Waals surface area contributed by atoms with Crippen molar-refractivity contribution in [3.05, 3.63) is 78.5 Å². The van der Waals surface area contributed by atoms with Crippen molar-refractivity contribution in [1.82, 2.24) is 19.9 Å². The molecule has 1 aromatic carbocycles. The second-order valence-corrected chi connectivity index (χ2v) is 5.61. The molecule has 2 heterocycles. The lowest BCUT2D eigenvalue weighted by Crippen LogP contribution is -2.22. The van der Waals surface area contributed by atoms with Crippen molar-refractivity contribution in [3.63, 3.8) is 0 Å². The average molecular weight is 320 g/mol. The Morgan fingerprint density at radius 1 is 1.08 bits per heavy atom.